The van der Waals surface area contributed by atoms with Crippen molar-refractivity contribution < 1.29 is 0 Å². The average Bonchev–Trinajstić information content (AvgIpc) is 2.00. The first-order valence-electron chi connectivity index (χ1n) is 6.00. The second-order valence-corrected chi connectivity index (χ2v) is 5.76. The minimum Gasteiger partial charge on any atom is -0.312 e. The zero-order valence-corrected chi connectivity index (χ0v) is 10.7. The highest BCUT2D eigenvalue weighted by Gasteiger charge is 2.33. The lowest BCUT2D eigenvalue weighted by Gasteiger charge is -2.43. The van der Waals surface area contributed by atoms with E-state index >= 15 is 0 Å². The van der Waals surface area contributed by atoms with E-state index in [1.165, 1.54) is 12.8 Å². The van der Waals surface area contributed by atoms with Gasteiger partial charge in [0.25, 0.3) is 0 Å². The maximum Gasteiger partial charge on any atom is 0.0160 e. The molecule has 2 unspecified atom stereocenters. The largest absolute Gasteiger partial charge is 0.312 e. The van der Waals surface area contributed by atoms with Crippen molar-refractivity contribution >= 4 is 0 Å². The van der Waals surface area contributed by atoms with Gasteiger partial charge in [0.05, 0.1) is 0 Å². The van der Waals surface area contributed by atoms with Gasteiger partial charge >= 0.3 is 0 Å². The standard InChI is InChI=1S/C13H26N2/c1-6-9-15(5)12-8-7-11(12)10-14-13(2,3)4/h6,11-12,14H,1,7-10H2,2-5H3. The van der Waals surface area contributed by atoms with Crippen molar-refractivity contribution in [1.29, 1.82) is 0 Å². The van der Waals surface area contributed by atoms with Gasteiger partial charge in [0.15, 0.2) is 0 Å². The van der Waals surface area contributed by atoms with Gasteiger partial charge in [-0.25, -0.2) is 0 Å². The van der Waals surface area contributed by atoms with Crippen molar-refractivity contribution in [1.82, 2.24) is 10.2 Å². The van der Waals surface area contributed by atoms with Crippen molar-refractivity contribution in [2.75, 3.05) is 20.1 Å². The van der Waals surface area contributed by atoms with Crippen LogP contribution in [0.2, 0.25) is 0 Å². The SMILES string of the molecule is C=CCN(C)C1CCC1CNC(C)(C)C. The molecule has 0 heterocycles. The summed E-state index contributed by atoms with van der Waals surface area (Å²) in [7, 11) is 2.20. The highest BCUT2D eigenvalue weighted by Crippen LogP contribution is 2.31. The van der Waals surface area contributed by atoms with Crippen LogP contribution < -0.4 is 5.32 Å². The van der Waals surface area contributed by atoms with Gasteiger partial charge in [-0.3, -0.25) is 4.90 Å². The molecule has 1 aliphatic rings. The van der Waals surface area contributed by atoms with Crippen molar-refractivity contribution in [2.24, 2.45) is 5.92 Å². The number of nitrogens with one attached hydrogen (secondary N) is 1. The lowest BCUT2D eigenvalue weighted by molar-refractivity contribution is 0.0886. The summed E-state index contributed by atoms with van der Waals surface area (Å²) in [6.07, 6.45) is 4.71. The summed E-state index contributed by atoms with van der Waals surface area (Å²) in [5.41, 5.74) is 0.247. The number of nitrogens with zero attached hydrogens (tertiary/aromatic N) is 1. The Balaban J connectivity index is 2.29. The van der Waals surface area contributed by atoms with Gasteiger partial charge in [0.2, 0.25) is 0 Å². The second-order valence-electron chi connectivity index (χ2n) is 5.76. The third-order valence-corrected chi connectivity index (χ3v) is 3.26. The maximum atomic E-state index is 3.79. The highest BCUT2D eigenvalue weighted by molar-refractivity contribution is 4.91. The summed E-state index contributed by atoms with van der Waals surface area (Å²) < 4.78 is 0. The monoisotopic (exact) mass is 210 g/mol. The fraction of sp³-hybridized carbons (Fsp3) is 0.846. The molecule has 0 aliphatic heterocycles. The predicted molar refractivity (Wildman–Crippen MR) is 67.1 cm³/mol. The van der Waals surface area contributed by atoms with Gasteiger partial charge in [-0.05, 0) is 53.1 Å². The maximum absolute atomic E-state index is 3.79. The molecule has 0 aromatic carbocycles. The first-order valence-corrected chi connectivity index (χ1v) is 6.00. The minimum atomic E-state index is 0.247. The van der Waals surface area contributed by atoms with Crippen LogP contribution in [0.1, 0.15) is 33.6 Å². The van der Waals surface area contributed by atoms with Gasteiger partial charge in [0, 0.05) is 18.1 Å². The highest BCUT2D eigenvalue weighted by atomic mass is 15.1. The van der Waals surface area contributed by atoms with Crippen LogP contribution in [0, 0.1) is 5.92 Å². The zero-order chi connectivity index (χ0) is 11.5. The van der Waals surface area contributed by atoms with Crippen LogP contribution in [0.4, 0.5) is 0 Å². The molecule has 0 spiro atoms. The van der Waals surface area contributed by atoms with E-state index in [0.717, 1.165) is 25.0 Å². The summed E-state index contributed by atoms with van der Waals surface area (Å²) in [5, 5.41) is 3.60. The Kier molecular flexibility index (Phi) is 4.35. The predicted octanol–water partition coefficient (Wildman–Crippen LogP) is 2.27. The quantitative estimate of drug-likeness (QED) is 0.700. The summed E-state index contributed by atoms with van der Waals surface area (Å²) in [4.78, 5) is 2.42. The first kappa shape index (κ1) is 12.7. The number of rotatable bonds is 5. The van der Waals surface area contributed by atoms with Crippen molar-refractivity contribution in [3.8, 4) is 0 Å². The van der Waals surface area contributed by atoms with E-state index in [1.54, 1.807) is 0 Å². The Bertz CT molecular complexity index is 205. The molecule has 0 saturated heterocycles. The lowest BCUT2D eigenvalue weighted by atomic mass is 9.78. The average molecular weight is 210 g/mol. The molecular formula is C13H26N2. The molecule has 1 aliphatic carbocycles. The molecule has 1 saturated carbocycles. The van der Waals surface area contributed by atoms with Gasteiger partial charge in [-0.15, -0.1) is 6.58 Å². The normalized spacial score (nSPS) is 26.5. The fourth-order valence-electron chi connectivity index (χ4n) is 2.15. The minimum absolute atomic E-state index is 0.247. The summed E-state index contributed by atoms with van der Waals surface area (Å²) in [5.74, 6) is 0.828. The van der Waals surface area contributed by atoms with Crippen LogP contribution in [0.15, 0.2) is 12.7 Å². The van der Waals surface area contributed by atoms with E-state index in [0.29, 0.717) is 0 Å². The molecule has 0 aromatic rings. The number of hydrogen-bond donors (Lipinski definition) is 1. The van der Waals surface area contributed by atoms with Crippen molar-refractivity contribution in [2.45, 2.75) is 45.2 Å². The van der Waals surface area contributed by atoms with Crippen LogP contribution in [0.25, 0.3) is 0 Å². The Morgan fingerprint density at radius 1 is 1.40 bits per heavy atom. The molecule has 1 N–H and O–H groups in total. The van der Waals surface area contributed by atoms with E-state index in [4.69, 9.17) is 0 Å². The summed E-state index contributed by atoms with van der Waals surface area (Å²) in [6.45, 7) is 12.6. The van der Waals surface area contributed by atoms with Gasteiger partial charge in [0.1, 0.15) is 0 Å². The molecular weight excluding hydrogens is 184 g/mol. The van der Waals surface area contributed by atoms with E-state index in [9.17, 15) is 0 Å². The van der Waals surface area contributed by atoms with Crippen LogP contribution >= 0.6 is 0 Å². The van der Waals surface area contributed by atoms with Crippen molar-refractivity contribution in [3.63, 3.8) is 0 Å². The molecule has 0 radical (unpaired) electrons. The Morgan fingerprint density at radius 2 is 2.07 bits per heavy atom. The molecule has 88 valence electrons. The molecule has 0 aromatic heterocycles. The molecule has 2 atom stereocenters. The topological polar surface area (TPSA) is 15.3 Å². The Morgan fingerprint density at radius 3 is 2.47 bits per heavy atom. The first-order chi connectivity index (χ1) is 6.94. The Hall–Kier alpha value is -0.340. The zero-order valence-electron chi connectivity index (χ0n) is 10.7. The molecule has 0 amide bonds. The molecule has 15 heavy (non-hydrogen) atoms. The van der Waals surface area contributed by atoms with E-state index in [2.05, 4.69) is 44.6 Å². The molecule has 2 heteroatoms. The van der Waals surface area contributed by atoms with Crippen LogP contribution in [-0.2, 0) is 0 Å². The third kappa shape index (κ3) is 3.96. The van der Waals surface area contributed by atoms with Crippen LogP contribution in [-0.4, -0.2) is 36.6 Å². The van der Waals surface area contributed by atoms with E-state index in [1.807, 2.05) is 6.08 Å². The van der Waals surface area contributed by atoms with E-state index in [-0.39, 0.29) is 5.54 Å². The number of hydrogen-bond acceptors (Lipinski definition) is 2. The van der Waals surface area contributed by atoms with E-state index < -0.39 is 0 Å². The van der Waals surface area contributed by atoms with Crippen LogP contribution in [0.3, 0.4) is 0 Å². The van der Waals surface area contributed by atoms with Gasteiger partial charge in [-0.2, -0.15) is 0 Å². The van der Waals surface area contributed by atoms with Gasteiger partial charge in [-0.1, -0.05) is 6.08 Å². The van der Waals surface area contributed by atoms with Crippen LogP contribution in [0.5, 0.6) is 0 Å². The Labute approximate surface area is 94.7 Å². The number of likely N-dealkylation sites (N-methyl/N-ethyl adjacent to an activating group) is 1. The molecule has 1 rings (SSSR count). The lowest BCUT2D eigenvalue weighted by Crippen LogP contribution is -2.51. The summed E-state index contributed by atoms with van der Waals surface area (Å²) >= 11 is 0. The van der Waals surface area contributed by atoms with Gasteiger partial charge < -0.3 is 5.32 Å². The fourth-order valence-corrected chi connectivity index (χ4v) is 2.15. The summed E-state index contributed by atoms with van der Waals surface area (Å²) in [6, 6.07) is 0.762. The second kappa shape index (κ2) is 5.13. The van der Waals surface area contributed by atoms with Crippen molar-refractivity contribution in [3.05, 3.63) is 12.7 Å². The molecule has 0 bridgehead atoms. The smallest absolute Gasteiger partial charge is 0.0160 e. The third-order valence-electron chi connectivity index (χ3n) is 3.26. The molecule has 2 nitrogen and oxygen atoms in total. The molecule has 1 fully saturated rings.